The fourth-order valence-electron chi connectivity index (χ4n) is 1.75. The Bertz CT molecular complexity index is 382. The number of likely N-dealkylation sites (N-methyl/N-ethyl adjacent to an activating group) is 1. The molecule has 0 heterocycles. The third-order valence-corrected chi connectivity index (χ3v) is 4.03. The van der Waals surface area contributed by atoms with E-state index < -0.39 is 0 Å². The fourth-order valence-corrected chi connectivity index (χ4v) is 2.49. The van der Waals surface area contributed by atoms with Gasteiger partial charge in [0.2, 0.25) is 0 Å². The smallest absolute Gasteiger partial charge is 0.132 e. The van der Waals surface area contributed by atoms with Crippen LogP contribution in [-0.2, 0) is 10.3 Å². The highest BCUT2D eigenvalue weighted by Gasteiger charge is 2.29. The van der Waals surface area contributed by atoms with Gasteiger partial charge in [0, 0.05) is 7.11 Å². The largest absolute Gasteiger partial charge is 0.496 e. The van der Waals surface area contributed by atoms with Gasteiger partial charge in [0.15, 0.2) is 0 Å². The highest BCUT2D eigenvalue weighted by atomic mass is 127. The van der Waals surface area contributed by atoms with Crippen molar-refractivity contribution in [1.29, 1.82) is 0 Å². The summed E-state index contributed by atoms with van der Waals surface area (Å²) in [6, 6.07) is 6.26. The normalized spacial score (nSPS) is 14.8. The van der Waals surface area contributed by atoms with Crippen molar-refractivity contribution in [3.8, 4) is 5.75 Å². The van der Waals surface area contributed by atoms with Gasteiger partial charge in [-0.15, -0.1) is 0 Å². The molecule has 0 radical (unpaired) electrons. The molecule has 1 rings (SSSR count). The van der Waals surface area contributed by atoms with Crippen LogP contribution in [0.3, 0.4) is 0 Å². The number of ether oxygens (including phenoxy) is 2. The first-order valence-electron chi connectivity index (χ1n) is 5.46. The van der Waals surface area contributed by atoms with Crippen LogP contribution in [0.4, 0.5) is 0 Å². The van der Waals surface area contributed by atoms with Crippen molar-refractivity contribution >= 4 is 22.6 Å². The molecule has 0 aliphatic carbocycles. The van der Waals surface area contributed by atoms with E-state index in [4.69, 9.17) is 9.47 Å². The summed E-state index contributed by atoms with van der Waals surface area (Å²) in [5, 5.41) is 0. The van der Waals surface area contributed by atoms with E-state index >= 15 is 0 Å². The second-order valence-corrected chi connectivity index (χ2v) is 5.61. The summed E-state index contributed by atoms with van der Waals surface area (Å²) < 4.78 is 11.7. The summed E-state index contributed by atoms with van der Waals surface area (Å²) in [7, 11) is 7.56. The van der Waals surface area contributed by atoms with Crippen molar-refractivity contribution in [2.24, 2.45) is 0 Å². The molecule has 0 aliphatic rings. The number of nitrogens with zero attached hydrogens (tertiary/aromatic N) is 1. The maximum absolute atomic E-state index is 5.34. The van der Waals surface area contributed by atoms with Crippen LogP contribution in [0.1, 0.15) is 12.5 Å². The van der Waals surface area contributed by atoms with Crippen LogP contribution in [0.5, 0.6) is 5.75 Å². The zero-order valence-corrected chi connectivity index (χ0v) is 13.2. The number of hydrogen-bond acceptors (Lipinski definition) is 3. The van der Waals surface area contributed by atoms with Crippen LogP contribution in [-0.4, -0.2) is 39.8 Å². The molecule has 1 aromatic carbocycles. The van der Waals surface area contributed by atoms with Gasteiger partial charge in [-0.1, -0.05) is 6.07 Å². The molecule has 0 saturated carbocycles. The van der Waals surface area contributed by atoms with E-state index in [1.54, 1.807) is 14.2 Å². The van der Waals surface area contributed by atoms with Crippen molar-refractivity contribution in [2.45, 2.75) is 12.5 Å². The number of methoxy groups -OCH3 is 2. The first-order valence-corrected chi connectivity index (χ1v) is 6.54. The fraction of sp³-hybridized carbons (Fsp3) is 0.538. The molecular formula is C13H20INO2. The predicted molar refractivity (Wildman–Crippen MR) is 78.6 cm³/mol. The zero-order chi connectivity index (χ0) is 13.1. The molecule has 0 bridgehead atoms. The molecular weight excluding hydrogens is 329 g/mol. The average molecular weight is 349 g/mol. The van der Waals surface area contributed by atoms with E-state index in [0.717, 1.165) is 9.32 Å². The molecule has 0 amide bonds. The molecule has 0 aromatic heterocycles. The average Bonchev–Trinajstić information content (AvgIpc) is 2.28. The Labute approximate surface area is 117 Å². The van der Waals surface area contributed by atoms with Crippen molar-refractivity contribution in [3.63, 3.8) is 0 Å². The van der Waals surface area contributed by atoms with Crippen LogP contribution in [0.2, 0.25) is 0 Å². The van der Waals surface area contributed by atoms with E-state index in [9.17, 15) is 0 Å². The van der Waals surface area contributed by atoms with E-state index in [-0.39, 0.29) is 5.54 Å². The van der Waals surface area contributed by atoms with Gasteiger partial charge in [-0.2, -0.15) is 0 Å². The van der Waals surface area contributed by atoms with Gasteiger partial charge in [-0.05, 0) is 61.3 Å². The summed E-state index contributed by atoms with van der Waals surface area (Å²) in [6.07, 6.45) is 0. The lowest BCUT2D eigenvalue weighted by atomic mass is 9.91. The lowest BCUT2D eigenvalue weighted by Gasteiger charge is -2.36. The van der Waals surface area contributed by atoms with Gasteiger partial charge in [0.25, 0.3) is 0 Å². The van der Waals surface area contributed by atoms with E-state index in [0.29, 0.717) is 6.61 Å². The lowest BCUT2D eigenvalue weighted by molar-refractivity contribution is 0.0510. The Kier molecular flexibility index (Phi) is 5.22. The Balaban J connectivity index is 3.16. The predicted octanol–water partition coefficient (Wildman–Crippen LogP) is 2.72. The molecule has 4 heteroatoms. The third-order valence-electron chi connectivity index (χ3n) is 3.19. The van der Waals surface area contributed by atoms with Crippen LogP contribution in [0, 0.1) is 3.57 Å². The Morgan fingerprint density at radius 1 is 1.29 bits per heavy atom. The van der Waals surface area contributed by atoms with Crippen LogP contribution in [0.25, 0.3) is 0 Å². The van der Waals surface area contributed by atoms with Gasteiger partial charge < -0.3 is 9.47 Å². The molecule has 0 spiro atoms. The van der Waals surface area contributed by atoms with E-state index in [1.165, 1.54) is 5.56 Å². The summed E-state index contributed by atoms with van der Waals surface area (Å²) >= 11 is 2.29. The quantitative estimate of drug-likeness (QED) is 0.763. The van der Waals surface area contributed by atoms with Gasteiger partial charge in [-0.25, -0.2) is 0 Å². The Morgan fingerprint density at radius 2 is 1.94 bits per heavy atom. The summed E-state index contributed by atoms with van der Waals surface area (Å²) in [6.45, 7) is 2.83. The number of rotatable bonds is 5. The van der Waals surface area contributed by atoms with Crippen LogP contribution in [0.15, 0.2) is 18.2 Å². The molecule has 0 N–H and O–H groups in total. The highest BCUT2D eigenvalue weighted by Crippen LogP contribution is 2.31. The van der Waals surface area contributed by atoms with Crippen molar-refractivity contribution in [2.75, 3.05) is 34.9 Å². The monoisotopic (exact) mass is 349 g/mol. The van der Waals surface area contributed by atoms with Gasteiger partial charge in [0.05, 0.1) is 22.8 Å². The maximum Gasteiger partial charge on any atom is 0.132 e. The summed E-state index contributed by atoms with van der Waals surface area (Å²) in [5.41, 5.74) is 1.11. The first-order chi connectivity index (χ1) is 7.95. The minimum Gasteiger partial charge on any atom is -0.496 e. The van der Waals surface area contributed by atoms with Gasteiger partial charge in [-0.3, -0.25) is 4.90 Å². The van der Waals surface area contributed by atoms with Crippen molar-refractivity contribution in [3.05, 3.63) is 27.3 Å². The lowest BCUT2D eigenvalue weighted by Crippen LogP contribution is -2.42. The number of hydrogen-bond donors (Lipinski definition) is 0. The molecule has 3 nitrogen and oxygen atoms in total. The van der Waals surface area contributed by atoms with Crippen LogP contribution < -0.4 is 4.74 Å². The Hall–Kier alpha value is -0.330. The standard InChI is InChI=1S/C13H20INO2/c1-13(9-16-4,15(2)3)10-6-7-12(17-5)11(14)8-10/h6-8H,9H2,1-5H3. The third kappa shape index (κ3) is 3.11. The van der Waals surface area contributed by atoms with Crippen LogP contribution >= 0.6 is 22.6 Å². The van der Waals surface area contributed by atoms with E-state index in [2.05, 4.69) is 60.6 Å². The highest BCUT2D eigenvalue weighted by molar-refractivity contribution is 14.1. The topological polar surface area (TPSA) is 21.7 Å². The molecule has 1 aromatic rings. The molecule has 0 aliphatic heterocycles. The van der Waals surface area contributed by atoms with E-state index in [1.807, 2.05) is 6.07 Å². The molecule has 1 atom stereocenters. The Morgan fingerprint density at radius 3 is 2.35 bits per heavy atom. The van der Waals surface area contributed by atoms with Crippen molar-refractivity contribution in [1.82, 2.24) is 4.90 Å². The maximum atomic E-state index is 5.34. The molecule has 17 heavy (non-hydrogen) atoms. The minimum absolute atomic E-state index is 0.124. The molecule has 96 valence electrons. The summed E-state index contributed by atoms with van der Waals surface area (Å²) in [4.78, 5) is 2.17. The minimum atomic E-state index is -0.124. The van der Waals surface area contributed by atoms with Gasteiger partial charge >= 0.3 is 0 Å². The molecule has 1 unspecified atom stereocenters. The van der Waals surface area contributed by atoms with Gasteiger partial charge in [0.1, 0.15) is 5.75 Å². The second-order valence-electron chi connectivity index (χ2n) is 4.45. The molecule has 0 fully saturated rings. The molecule has 0 saturated heterocycles. The number of benzene rings is 1. The first kappa shape index (κ1) is 14.7. The number of halogens is 1. The van der Waals surface area contributed by atoms with Crippen molar-refractivity contribution < 1.29 is 9.47 Å². The summed E-state index contributed by atoms with van der Waals surface area (Å²) in [5.74, 6) is 0.910. The zero-order valence-electron chi connectivity index (χ0n) is 11.1. The second kappa shape index (κ2) is 6.02. The SMILES string of the molecule is COCC(C)(c1ccc(OC)c(I)c1)N(C)C.